The number of hydrogen-bond acceptors (Lipinski definition) is 5. The van der Waals surface area contributed by atoms with Crippen molar-refractivity contribution in [3.8, 4) is 0 Å². The van der Waals surface area contributed by atoms with E-state index in [0.29, 0.717) is 18.7 Å². The number of sulfonamides is 1. The smallest absolute Gasteiger partial charge is 0.240 e. The van der Waals surface area contributed by atoms with Gasteiger partial charge in [0.05, 0.1) is 23.1 Å². The van der Waals surface area contributed by atoms with E-state index in [2.05, 4.69) is 10.3 Å². The summed E-state index contributed by atoms with van der Waals surface area (Å²) >= 11 is 1.55. The molecule has 1 amide bonds. The Morgan fingerprint density at radius 3 is 2.67 bits per heavy atom. The maximum Gasteiger partial charge on any atom is 0.240 e. The second-order valence-electron chi connectivity index (χ2n) is 5.57. The molecule has 2 rings (SSSR count). The van der Waals surface area contributed by atoms with Crippen molar-refractivity contribution in [1.29, 1.82) is 0 Å². The summed E-state index contributed by atoms with van der Waals surface area (Å²) in [7, 11) is -3.54. The second kappa shape index (κ2) is 7.76. The second-order valence-corrected chi connectivity index (χ2v) is 8.42. The van der Waals surface area contributed by atoms with Gasteiger partial charge in [-0.25, -0.2) is 13.4 Å². The van der Waals surface area contributed by atoms with Gasteiger partial charge in [0, 0.05) is 17.8 Å². The molecule has 0 saturated carbocycles. The SMILES string of the molecule is Cc1cccc(N(CC(=O)NCCc2scnc2C)S(C)(=O)=O)c1. The Bertz CT molecular complexity index is 815. The van der Waals surface area contributed by atoms with E-state index in [-0.39, 0.29) is 12.5 Å². The van der Waals surface area contributed by atoms with Gasteiger partial charge in [0.1, 0.15) is 6.54 Å². The summed E-state index contributed by atoms with van der Waals surface area (Å²) in [6.07, 6.45) is 1.79. The lowest BCUT2D eigenvalue weighted by Gasteiger charge is -2.22. The standard InChI is InChI=1S/C16H21N3O3S2/c1-12-5-4-6-14(9-12)19(24(3,21)22)10-16(20)17-8-7-15-13(2)18-11-23-15/h4-6,9,11H,7-8,10H2,1-3H3,(H,17,20). The van der Waals surface area contributed by atoms with Crippen molar-refractivity contribution in [3.63, 3.8) is 0 Å². The third-order valence-electron chi connectivity index (χ3n) is 3.50. The van der Waals surface area contributed by atoms with Crippen LogP contribution in [0.5, 0.6) is 0 Å². The molecule has 1 aromatic carbocycles. The van der Waals surface area contributed by atoms with E-state index in [9.17, 15) is 13.2 Å². The molecule has 2 aromatic rings. The van der Waals surface area contributed by atoms with Crippen LogP contribution in [0.15, 0.2) is 29.8 Å². The Labute approximate surface area is 146 Å². The number of nitrogens with one attached hydrogen (secondary N) is 1. The number of aromatic nitrogens is 1. The minimum absolute atomic E-state index is 0.232. The lowest BCUT2D eigenvalue weighted by molar-refractivity contribution is -0.119. The number of hydrogen-bond donors (Lipinski definition) is 1. The number of carbonyl (C=O) groups excluding carboxylic acids is 1. The molecule has 0 aliphatic rings. The van der Waals surface area contributed by atoms with Crippen LogP contribution in [0.4, 0.5) is 5.69 Å². The van der Waals surface area contributed by atoms with Crippen LogP contribution < -0.4 is 9.62 Å². The zero-order valence-electron chi connectivity index (χ0n) is 13.9. The highest BCUT2D eigenvalue weighted by atomic mass is 32.2. The van der Waals surface area contributed by atoms with Crippen molar-refractivity contribution in [1.82, 2.24) is 10.3 Å². The van der Waals surface area contributed by atoms with Gasteiger partial charge in [0.2, 0.25) is 15.9 Å². The Balaban J connectivity index is 1.99. The van der Waals surface area contributed by atoms with E-state index in [4.69, 9.17) is 0 Å². The fourth-order valence-corrected chi connectivity index (χ4v) is 3.88. The Morgan fingerprint density at radius 1 is 1.33 bits per heavy atom. The van der Waals surface area contributed by atoms with E-state index in [1.165, 1.54) is 0 Å². The molecule has 1 N–H and O–H groups in total. The van der Waals surface area contributed by atoms with E-state index in [0.717, 1.165) is 26.7 Å². The molecule has 130 valence electrons. The predicted molar refractivity (Wildman–Crippen MR) is 96.9 cm³/mol. The van der Waals surface area contributed by atoms with Crippen LogP contribution in [0.1, 0.15) is 16.1 Å². The molecule has 6 nitrogen and oxygen atoms in total. The van der Waals surface area contributed by atoms with Gasteiger partial charge in [-0.2, -0.15) is 0 Å². The summed E-state index contributed by atoms with van der Waals surface area (Å²) in [6, 6.07) is 7.08. The fraction of sp³-hybridized carbons (Fsp3) is 0.375. The Kier molecular flexibility index (Phi) is 5.95. The van der Waals surface area contributed by atoms with Gasteiger partial charge in [-0.3, -0.25) is 9.10 Å². The zero-order chi connectivity index (χ0) is 17.7. The first-order valence-electron chi connectivity index (χ1n) is 7.47. The summed E-state index contributed by atoms with van der Waals surface area (Å²) in [6.45, 7) is 4.02. The maximum absolute atomic E-state index is 12.1. The monoisotopic (exact) mass is 367 g/mol. The first-order chi connectivity index (χ1) is 11.3. The van der Waals surface area contributed by atoms with E-state index < -0.39 is 10.0 Å². The van der Waals surface area contributed by atoms with E-state index in [1.54, 1.807) is 35.0 Å². The number of benzene rings is 1. The average molecular weight is 367 g/mol. The Hall–Kier alpha value is -1.93. The molecular weight excluding hydrogens is 346 g/mol. The van der Waals surface area contributed by atoms with Crippen molar-refractivity contribution >= 4 is 33.0 Å². The largest absolute Gasteiger partial charge is 0.354 e. The lowest BCUT2D eigenvalue weighted by atomic mass is 10.2. The highest BCUT2D eigenvalue weighted by Crippen LogP contribution is 2.18. The molecule has 0 bridgehead atoms. The van der Waals surface area contributed by atoms with Gasteiger partial charge in [0.15, 0.2) is 0 Å². The number of thiazole rings is 1. The zero-order valence-corrected chi connectivity index (χ0v) is 15.6. The van der Waals surface area contributed by atoms with Crippen LogP contribution in [-0.4, -0.2) is 38.7 Å². The van der Waals surface area contributed by atoms with Crippen molar-refractivity contribution in [3.05, 3.63) is 45.9 Å². The summed E-state index contributed by atoms with van der Waals surface area (Å²) in [5.41, 5.74) is 4.16. The third kappa shape index (κ3) is 5.04. The molecule has 24 heavy (non-hydrogen) atoms. The van der Waals surface area contributed by atoms with E-state index in [1.807, 2.05) is 19.9 Å². The highest BCUT2D eigenvalue weighted by Gasteiger charge is 2.20. The van der Waals surface area contributed by atoms with Crippen LogP contribution in [-0.2, 0) is 21.2 Å². The maximum atomic E-state index is 12.1. The van der Waals surface area contributed by atoms with Crippen molar-refractivity contribution in [2.45, 2.75) is 20.3 Å². The van der Waals surface area contributed by atoms with Crippen LogP contribution in [0.25, 0.3) is 0 Å². The summed E-state index contributed by atoms with van der Waals surface area (Å²) in [5.74, 6) is -0.330. The number of nitrogens with zero attached hydrogens (tertiary/aromatic N) is 2. The summed E-state index contributed by atoms with van der Waals surface area (Å²) in [5, 5.41) is 2.77. The molecule has 0 saturated heterocycles. The van der Waals surface area contributed by atoms with Crippen LogP contribution in [0.3, 0.4) is 0 Å². The van der Waals surface area contributed by atoms with Gasteiger partial charge in [-0.1, -0.05) is 12.1 Å². The molecule has 0 radical (unpaired) electrons. The number of amides is 1. The van der Waals surface area contributed by atoms with Gasteiger partial charge in [-0.05, 0) is 31.5 Å². The highest BCUT2D eigenvalue weighted by molar-refractivity contribution is 7.92. The minimum Gasteiger partial charge on any atom is -0.354 e. The minimum atomic E-state index is -3.54. The van der Waals surface area contributed by atoms with E-state index >= 15 is 0 Å². The number of anilines is 1. The molecule has 0 spiro atoms. The normalized spacial score (nSPS) is 11.3. The molecule has 0 aliphatic carbocycles. The topological polar surface area (TPSA) is 79.4 Å². The van der Waals surface area contributed by atoms with Crippen LogP contribution >= 0.6 is 11.3 Å². The van der Waals surface area contributed by atoms with Gasteiger partial charge in [-0.15, -0.1) is 11.3 Å². The number of carbonyl (C=O) groups is 1. The van der Waals surface area contributed by atoms with Gasteiger partial charge in [0.25, 0.3) is 0 Å². The van der Waals surface area contributed by atoms with Gasteiger partial charge >= 0.3 is 0 Å². The summed E-state index contributed by atoms with van der Waals surface area (Å²) < 4.78 is 25.2. The number of rotatable bonds is 7. The quantitative estimate of drug-likeness (QED) is 0.810. The fourth-order valence-electron chi connectivity index (χ4n) is 2.25. The van der Waals surface area contributed by atoms with Crippen molar-refractivity contribution in [2.75, 3.05) is 23.7 Å². The third-order valence-corrected chi connectivity index (χ3v) is 5.63. The summed E-state index contributed by atoms with van der Waals surface area (Å²) in [4.78, 5) is 17.4. The molecule has 8 heteroatoms. The Morgan fingerprint density at radius 2 is 2.08 bits per heavy atom. The lowest BCUT2D eigenvalue weighted by Crippen LogP contribution is -2.41. The molecule has 0 atom stereocenters. The number of aryl methyl sites for hydroxylation is 2. The van der Waals surface area contributed by atoms with Crippen molar-refractivity contribution < 1.29 is 13.2 Å². The molecule has 1 heterocycles. The molecule has 0 fully saturated rings. The molecule has 0 unspecified atom stereocenters. The van der Waals surface area contributed by atoms with Gasteiger partial charge < -0.3 is 5.32 Å². The first-order valence-corrected chi connectivity index (χ1v) is 10.2. The predicted octanol–water partition coefficient (Wildman–Crippen LogP) is 1.88. The van der Waals surface area contributed by atoms with Crippen LogP contribution in [0, 0.1) is 13.8 Å². The average Bonchev–Trinajstić information content (AvgIpc) is 2.89. The molecule has 1 aromatic heterocycles. The van der Waals surface area contributed by atoms with Crippen molar-refractivity contribution in [2.24, 2.45) is 0 Å². The molecular formula is C16H21N3O3S2. The first kappa shape index (κ1) is 18.4. The van der Waals surface area contributed by atoms with Crippen LogP contribution in [0.2, 0.25) is 0 Å². The molecule has 0 aliphatic heterocycles.